The van der Waals surface area contributed by atoms with Crippen LogP contribution < -0.4 is 0 Å². The molecule has 0 rings (SSSR count). The lowest BCUT2D eigenvalue weighted by Gasteiger charge is -2.18. The van der Waals surface area contributed by atoms with E-state index in [1.165, 1.54) is 6.42 Å². The van der Waals surface area contributed by atoms with Crippen molar-refractivity contribution in [3.63, 3.8) is 0 Å². The molecule has 394 valence electrons. The van der Waals surface area contributed by atoms with Gasteiger partial charge in [0.2, 0.25) is 0 Å². The maximum absolute atomic E-state index is 12.8. The van der Waals surface area contributed by atoms with E-state index in [4.69, 9.17) is 14.2 Å². The molecule has 0 aliphatic rings. The third kappa shape index (κ3) is 55.6. The number of ether oxygens (including phenoxy) is 3. The molecule has 0 amide bonds. The summed E-state index contributed by atoms with van der Waals surface area (Å²) in [5, 5.41) is 0. The van der Waals surface area contributed by atoms with Gasteiger partial charge in [0.15, 0.2) is 6.10 Å². The highest BCUT2D eigenvalue weighted by molar-refractivity contribution is 5.72. The van der Waals surface area contributed by atoms with Gasteiger partial charge in [-0.25, -0.2) is 0 Å². The smallest absolute Gasteiger partial charge is 0.310 e. The second-order valence-electron chi connectivity index (χ2n) is 17.4. The van der Waals surface area contributed by atoms with Gasteiger partial charge in [0.25, 0.3) is 0 Å². The van der Waals surface area contributed by atoms with Gasteiger partial charge in [0.05, 0.1) is 6.42 Å². The molecule has 71 heavy (non-hydrogen) atoms. The summed E-state index contributed by atoms with van der Waals surface area (Å²) in [6.45, 7) is 6.19. The van der Waals surface area contributed by atoms with Crippen molar-refractivity contribution in [2.45, 2.75) is 207 Å². The van der Waals surface area contributed by atoms with Crippen LogP contribution in [0.3, 0.4) is 0 Å². The number of hydrogen-bond acceptors (Lipinski definition) is 6. The molecule has 0 aromatic heterocycles. The molecule has 0 aliphatic carbocycles. The number of hydrogen-bond donors (Lipinski definition) is 0. The van der Waals surface area contributed by atoms with Gasteiger partial charge in [-0.1, -0.05) is 223 Å². The zero-order chi connectivity index (χ0) is 51.4. The van der Waals surface area contributed by atoms with Crippen LogP contribution in [0, 0.1) is 0 Å². The largest absolute Gasteiger partial charge is 0.462 e. The number of rotatable bonds is 47. The fraction of sp³-hybridized carbons (Fsp3) is 0.523. The zero-order valence-corrected chi connectivity index (χ0v) is 44.9. The second-order valence-corrected chi connectivity index (χ2v) is 17.4. The van der Waals surface area contributed by atoms with E-state index in [2.05, 4.69) is 179 Å². The van der Waals surface area contributed by atoms with Crippen LogP contribution in [-0.2, 0) is 28.6 Å². The monoisotopic (exact) mass is 975 g/mol. The van der Waals surface area contributed by atoms with Crippen LogP contribution in [0.4, 0.5) is 0 Å². The molecule has 6 nitrogen and oxygen atoms in total. The molecular weight excluding hydrogens is 877 g/mol. The number of carbonyl (C=O) groups is 3. The highest BCUT2D eigenvalue weighted by atomic mass is 16.6. The minimum Gasteiger partial charge on any atom is -0.462 e. The lowest BCUT2D eigenvalue weighted by atomic mass is 10.1. The first kappa shape index (κ1) is 65.8. The van der Waals surface area contributed by atoms with Crippen molar-refractivity contribution in [1.29, 1.82) is 0 Å². The van der Waals surface area contributed by atoms with Crippen molar-refractivity contribution >= 4 is 17.9 Å². The molecule has 0 fully saturated rings. The van der Waals surface area contributed by atoms with E-state index in [0.29, 0.717) is 12.8 Å². The lowest BCUT2D eigenvalue weighted by Crippen LogP contribution is -2.30. The van der Waals surface area contributed by atoms with Gasteiger partial charge in [-0.2, -0.15) is 0 Å². The first-order chi connectivity index (χ1) is 35.0. The fourth-order valence-corrected chi connectivity index (χ4v) is 6.65. The third-order valence-electron chi connectivity index (χ3n) is 10.7. The zero-order valence-electron chi connectivity index (χ0n) is 44.9. The predicted octanol–water partition coefficient (Wildman–Crippen LogP) is 18.8. The molecule has 1 atom stereocenters. The molecular formula is C65H98O6. The number of carbonyl (C=O) groups excluding carboxylic acids is 3. The molecule has 0 aromatic carbocycles. The molecule has 1 unspecified atom stereocenters. The van der Waals surface area contributed by atoms with Crippen LogP contribution in [0.2, 0.25) is 0 Å². The summed E-state index contributed by atoms with van der Waals surface area (Å²) >= 11 is 0. The van der Waals surface area contributed by atoms with E-state index in [1.54, 1.807) is 6.08 Å². The summed E-state index contributed by atoms with van der Waals surface area (Å²) in [6, 6.07) is 0. The molecule has 0 saturated carbocycles. The molecule has 0 saturated heterocycles. The first-order valence-electron chi connectivity index (χ1n) is 27.6. The first-order valence-corrected chi connectivity index (χ1v) is 27.6. The molecule has 0 radical (unpaired) electrons. The summed E-state index contributed by atoms with van der Waals surface area (Å²) in [7, 11) is 0. The van der Waals surface area contributed by atoms with Crippen molar-refractivity contribution in [1.82, 2.24) is 0 Å². The van der Waals surface area contributed by atoms with Gasteiger partial charge in [0, 0.05) is 12.8 Å². The van der Waals surface area contributed by atoms with E-state index in [-0.39, 0.29) is 38.0 Å². The number of esters is 3. The summed E-state index contributed by atoms with van der Waals surface area (Å²) < 4.78 is 16.7. The predicted molar refractivity (Wildman–Crippen MR) is 306 cm³/mol. The minimum absolute atomic E-state index is 0.0769. The van der Waals surface area contributed by atoms with Crippen molar-refractivity contribution < 1.29 is 28.6 Å². The Balaban J connectivity index is 4.56. The Morgan fingerprint density at radius 1 is 0.310 bits per heavy atom. The molecule has 0 heterocycles. The van der Waals surface area contributed by atoms with E-state index >= 15 is 0 Å². The van der Waals surface area contributed by atoms with Crippen molar-refractivity contribution in [3.8, 4) is 0 Å². The molecule has 0 aromatic rings. The van der Waals surface area contributed by atoms with Crippen LogP contribution >= 0.6 is 0 Å². The minimum atomic E-state index is -0.861. The number of unbranched alkanes of at least 4 members (excludes halogenated alkanes) is 9. The average molecular weight is 975 g/mol. The highest BCUT2D eigenvalue weighted by Crippen LogP contribution is 2.11. The van der Waals surface area contributed by atoms with Crippen LogP contribution in [0.15, 0.2) is 170 Å². The van der Waals surface area contributed by atoms with Gasteiger partial charge >= 0.3 is 17.9 Å². The van der Waals surface area contributed by atoms with Crippen LogP contribution in [0.5, 0.6) is 0 Å². The maximum atomic E-state index is 12.8. The maximum Gasteiger partial charge on any atom is 0.310 e. The Morgan fingerprint density at radius 3 is 0.944 bits per heavy atom. The number of allylic oxidation sites excluding steroid dienone is 27. The Morgan fingerprint density at radius 2 is 0.592 bits per heavy atom. The third-order valence-corrected chi connectivity index (χ3v) is 10.7. The standard InChI is InChI=1S/C65H98O6/c1-4-7-10-13-16-19-22-25-27-28-29-30-31-32-33-34-35-36-38-40-43-46-49-52-55-58-64(67)70-61-62(60-69-63(66)57-54-51-48-45-42-39-24-21-18-15-12-9-6-3)71-65(68)59-56-53-50-47-44-41-37-26-23-20-17-14-11-8-5-2/h7-8,10-12,15-17,19-21,24-27,29-30,32-33,35-37,40,43-44,47,53,56,62H,4-6,9,13-14,18,22-23,28,31,34,38-39,41-42,45-46,48-52,54-55,57-61H2,1-3H3/b10-7-,11-8-,15-12-,19-16-,20-17-,24-21-,27-25-,30-29-,33-32-,36-35-,37-26-,43-40-,47-44-,56-53-. The average Bonchev–Trinajstić information content (AvgIpc) is 3.37. The van der Waals surface area contributed by atoms with Crippen LogP contribution in [0.25, 0.3) is 0 Å². The topological polar surface area (TPSA) is 78.9 Å². The summed E-state index contributed by atoms with van der Waals surface area (Å²) in [5.41, 5.74) is 0. The Bertz CT molecular complexity index is 1690. The quantitative estimate of drug-likeness (QED) is 0.0262. The second kappa shape index (κ2) is 57.3. The Hall–Kier alpha value is -5.23. The van der Waals surface area contributed by atoms with E-state index in [1.807, 2.05) is 6.08 Å². The van der Waals surface area contributed by atoms with Gasteiger partial charge in [-0.3, -0.25) is 14.4 Å². The van der Waals surface area contributed by atoms with Gasteiger partial charge in [-0.15, -0.1) is 0 Å². The molecule has 0 N–H and O–H groups in total. The summed E-state index contributed by atoms with van der Waals surface area (Å²) in [6.07, 6.45) is 85.1. The lowest BCUT2D eigenvalue weighted by molar-refractivity contribution is -0.166. The molecule has 0 spiro atoms. The van der Waals surface area contributed by atoms with Crippen molar-refractivity contribution in [3.05, 3.63) is 170 Å². The van der Waals surface area contributed by atoms with Crippen molar-refractivity contribution in [2.24, 2.45) is 0 Å². The van der Waals surface area contributed by atoms with Crippen LogP contribution in [-0.4, -0.2) is 37.2 Å². The summed E-state index contributed by atoms with van der Waals surface area (Å²) in [5.74, 6) is -1.14. The normalized spacial score (nSPS) is 13.5. The van der Waals surface area contributed by atoms with Gasteiger partial charge < -0.3 is 14.2 Å². The van der Waals surface area contributed by atoms with Gasteiger partial charge in [-0.05, 0) is 128 Å². The van der Waals surface area contributed by atoms with Crippen molar-refractivity contribution in [2.75, 3.05) is 13.2 Å². The molecule has 6 heteroatoms. The van der Waals surface area contributed by atoms with Crippen LogP contribution in [0.1, 0.15) is 201 Å². The Kier molecular flexibility index (Phi) is 53.1. The summed E-state index contributed by atoms with van der Waals surface area (Å²) in [4.78, 5) is 38.0. The molecule has 0 aliphatic heterocycles. The van der Waals surface area contributed by atoms with E-state index in [9.17, 15) is 14.4 Å². The molecule has 0 bridgehead atoms. The van der Waals surface area contributed by atoms with E-state index in [0.717, 1.165) is 148 Å². The van der Waals surface area contributed by atoms with E-state index < -0.39 is 12.1 Å². The highest BCUT2D eigenvalue weighted by Gasteiger charge is 2.19. The Labute approximate surface area is 434 Å². The fourth-order valence-electron chi connectivity index (χ4n) is 6.65. The van der Waals surface area contributed by atoms with Gasteiger partial charge in [0.1, 0.15) is 13.2 Å². The SMILES string of the molecule is CC/C=C\C/C=C\C/C=C\C/C=C\C/C=C\C/C=C\C/C=C\CCCCCC(=O)OCC(COC(=O)CCCCCCC/C=C\C/C=C\CCC)OC(=O)C/C=C\C/C=C\C/C=C\C/C=C\C/C=C\CC.